The van der Waals surface area contributed by atoms with Crippen molar-refractivity contribution in [2.45, 2.75) is 25.2 Å². The summed E-state index contributed by atoms with van der Waals surface area (Å²) in [7, 11) is -3.61. The van der Waals surface area contributed by atoms with Gasteiger partial charge in [0.15, 0.2) is 0 Å². The Hall–Kier alpha value is -1.40. The fourth-order valence-electron chi connectivity index (χ4n) is 2.74. The maximum atomic E-state index is 12.6. The molecule has 0 aliphatic carbocycles. The van der Waals surface area contributed by atoms with Crippen LogP contribution < -0.4 is 0 Å². The van der Waals surface area contributed by atoms with Gasteiger partial charge in [0, 0.05) is 13.1 Å². The molecule has 1 aliphatic rings. The normalized spacial score (nSPS) is 24.5. The average molecular weight is 297 g/mol. The summed E-state index contributed by atoms with van der Waals surface area (Å²) in [5.74, 6) is -0.491. The molecule has 1 N–H and O–H groups in total. The largest absolute Gasteiger partial charge is 0.478 e. The summed E-state index contributed by atoms with van der Waals surface area (Å²) in [5.41, 5.74) is -0.0100. The Bertz CT molecular complexity index is 601. The molecule has 1 saturated heterocycles. The van der Waals surface area contributed by atoms with E-state index in [0.717, 1.165) is 6.42 Å². The lowest BCUT2D eigenvalue weighted by Gasteiger charge is -2.34. The SMILES string of the molecule is C[C@@H]1C[C@@H](C)CN(S(=O)(=O)c2cccc(C(=O)O)c2)C1. The standard InChI is InChI=1S/C14H19NO4S/c1-10-6-11(2)9-15(8-10)20(18,19)13-5-3-4-12(7-13)14(16)17/h3-5,7,10-11H,6,8-9H2,1-2H3,(H,16,17)/t10-,11-/m1/s1. The molecule has 0 spiro atoms. The van der Waals surface area contributed by atoms with E-state index in [2.05, 4.69) is 0 Å². The summed E-state index contributed by atoms with van der Waals surface area (Å²) in [6, 6.07) is 5.53. The fraction of sp³-hybridized carbons (Fsp3) is 0.500. The molecule has 2 atom stereocenters. The molecule has 2 rings (SSSR count). The Labute approximate surface area is 119 Å². The number of carboxylic acid groups (broad SMARTS) is 1. The van der Waals surface area contributed by atoms with Gasteiger partial charge in [-0.1, -0.05) is 19.9 Å². The summed E-state index contributed by atoms with van der Waals surface area (Å²) >= 11 is 0. The minimum Gasteiger partial charge on any atom is -0.478 e. The Balaban J connectivity index is 2.34. The average Bonchev–Trinajstić information content (AvgIpc) is 2.37. The highest BCUT2D eigenvalue weighted by molar-refractivity contribution is 7.89. The van der Waals surface area contributed by atoms with Crippen LogP contribution in [0, 0.1) is 11.8 Å². The van der Waals surface area contributed by atoms with E-state index >= 15 is 0 Å². The number of benzene rings is 1. The van der Waals surface area contributed by atoms with Crippen LogP contribution in [-0.2, 0) is 10.0 Å². The van der Waals surface area contributed by atoms with Crippen LogP contribution in [0.2, 0.25) is 0 Å². The first-order chi connectivity index (χ1) is 9.30. The zero-order valence-electron chi connectivity index (χ0n) is 11.6. The molecule has 0 amide bonds. The maximum absolute atomic E-state index is 12.6. The second-order valence-corrected chi connectivity index (χ2v) is 7.54. The van der Waals surface area contributed by atoms with Crippen LogP contribution in [-0.4, -0.2) is 36.9 Å². The maximum Gasteiger partial charge on any atom is 0.335 e. The van der Waals surface area contributed by atoms with Gasteiger partial charge in [-0.3, -0.25) is 0 Å². The molecular weight excluding hydrogens is 278 g/mol. The monoisotopic (exact) mass is 297 g/mol. The molecule has 110 valence electrons. The van der Waals surface area contributed by atoms with Gasteiger partial charge in [0.2, 0.25) is 10.0 Å². The number of nitrogens with zero attached hydrogens (tertiary/aromatic N) is 1. The highest BCUT2D eigenvalue weighted by Crippen LogP contribution is 2.26. The van der Waals surface area contributed by atoms with Crippen molar-refractivity contribution in [3.63, 3.8) is 0 Å². The van der Waals surface area contributed by atoms with Crippen molar-refractivity contribution in [3.8, 4) is 0 Å². The molecule has 1 aromatic rings. The second kappa shape index (κ2) is 5.54. The van der Waals surface area contributed by atoms with E-state index in [0.29, 0.717) is 24.9 Å². The lowest BCUT2D eigenvalue weighted by atomic mass is 9.94. The van der Waals surface area contributed by atoms with Crippen LogP contribution in [0.3, 0.4) is 0 Å². The third-order valence-corrected chi connectivity index (χ3v) is 5.38. The molecule has 1 aliphatic heterocycles. The zero-order valence-corrected chi connectivity index (χ0v) is 12.4. The van der Waals surface area contributed by atoms with Gasteiger partial charge in [0.05, 0.1) is 10.5 Å². The molecule has 6 heteroatoms. The Morgan fingerprint density at radius 2 is 1.85 bits per heavy atom. The van der Waals surface area contributed by atoms with Gasteiger partial charge in [-0.2, -0.15) is 4.31 Å². The number of aromatic carboxylic acids is 1. The quantitative estimate of drug-likeness (QED) is 0.926. The Morgan fingerprint density at radius 3 is 2.40 bits per heavy atom. The van der Waals surface area contributed by atoms with Crippen molar-refractivity contribution < 1.29 is 18.3 Å². The van der Waals surface area contributed by atoms with E-state index in [4.69, 9.17) is 5.11 Å². The van der Waals surface area contributed by atoms with Gasteiger partial charge in [0.1, 0.15) is 0 Å². The topological polar surface area (TPSA) is 74.7 Å². The van der Waals surface area contributed by atoms with Gasteiger partial charge in [-0.25, -0.2) is 13.2 Å². The van der Waals surface area contributed by atoms with Crippen molar-refractivity contribution >= 4 is 16.0 Å². The van der Waals surface area contributed by atoms with Crippen molar-refractivity contribution in [3.05, 3.63) is 29.8 Å². The molecule has 0 radical (unpaired) electrons. The number of rotatable bonds is 3. The fourth-order valence-corrected chi connectivity index (χ4v) is 4.47. The van der Waals surface area contributed by atoms with Gasteiger partial charge < -0.3 is 5.11 Å². The number of piperidine rings is 1. The van der Waals surface area contributed by atoms with E-state index in [-0.39, 0.29) is 10.5 Å². The Kier molecular flexibility index (Phi) is 4.15. The Morgan fingerprint density at radius 1 is 1.25 bits per heavy atom. The molecule has 5 nitrogen and oxygen atoms in total. The van der Waals surface area contributed by atoms with Crippen LogP contribution in [0.1, 0.15) is 30.6 Å². The van der Waals surface area contributed by atoms with Crippen LogP contribution in [0.5, 0.6) is 0 Å². The van der Waals surface area contributed by atoms with Crippen molar-refractivity contribution in [1.82, 2.24) is 4.31 Å². The van der Waals surface area contributed by atoms with E-state index in [1.54, 1.807) is 0 Å². The second-order valence-electron chi connectivity index (χ2n) is 5.60. The first-order valence-corrected chi connectivity index (χ1v) is 8.08. The summed E-state index contributed by atoms with van der Waals surface area (Å²) in [5, 5.41) is 8.96. The van der Waals surface area contributed by atoms with E-state index in [1.165, 1.54) is 28.6 Å². The molecule has 20 heavy (non-hydrogen) atoms. The van der Waals surface area contributed by atoms with Gasteiger partial charge in [0.25, 0.3) is 0 Å². The predicted molar refractivity (Wildman–Crippen MR) is 75.1 cm³/mol. The van der Waals surface area contributed by atoms with Gasteiger partial charge >= 0.3 is 5.97 Å². The van der Waals surface area contributed by atoms with Crippen molar-refractivity contribution in [2.24, 2.45) is 11.8 Å². The highest BCUT2D eigenvalue weighted by Gasteiger charge is 2.31. The number of hydrogen-bond donors (Lipinski definition) is 1. The third kappa shape index (κ3) is 3.02. The molecular formula is C14H19NO4S. The van der Waals surface area contributed by atoms with Crippen LogP contribution in [0.4, 0.5) is 0 Å². The molecule has 1 heterocycles. The molecule has 0 saturated carbocycles. The van der Waals surface area contributed by atoms with E-state index < -0.39 is 16.0 Å². The summed E-state index contributed by atoms with van der Waals surface area (Å²) in [6.45, 7) is 5.05. The van der Waals surface area contributed by atoms with Crippen LogP contribution in [0.25, 0.3) is 0 Å². The zero-order chi connectivity index (χ0) is 14.9. The minimum absolute atomic E-state index is 0.0100. The number of carbonyl (C=O) groups is 1. The van der Waals surface area contributed by atoms with E-state index in [9.17, 15) is 13.2 Å². The highest BCUT2D eigenvalue weighted by atomic mass is 32.2. The van der Waals surface area contributed by atoms with Gasteiger partial charge in [-0.15, -0.1) is 0 Å². The summed E-state index contributed by atoms with van der Waals surface area (Å²) in [4.78, 5) is 11.0. The molecule has 1 fully saturated rings. The molecule has 0 bridgehead atoms. The summed E-state index contributed by atoms with van der Waals surface area (Å²) < 4.78 is 26.6. The van der Waals surface area contributed by atoms with Crippen LogP contribution in [0.15, 0.2) is 29.2 Å². The summed E-state index contributed by atoms with van der Waals surface area (Å²) in [6.07, 6.45) is 1.02. The molecule has 1 aromatic carbocycles. The molecule has 0 unspecified atom stereocenters. The van der Waals surface area contributed by atoms with Crippen molar-refractivity contribution in [2.75, 3.05) is 13.1 Å². The lowest BCUT2D eigenvalue weighted by Crippen LogP contribution is -2.42. The minimum atomic E-state index is -3.61. The molecule has 0 aromatic heterocycles. The number of hydrogen-bond acceptors (Lipinski definition) is 3. The predicted octanol–water partition coefficient (Wildman–Crippen LogP) is 2.05. The smallest absolute Gasteiger partial charge is 0.335 e. The third-order valence-electron chi connectivity index (χ3n) is 3.55. The number of carboxylic acids is 1. The van der Waals surface area contributed by atoms with Gasteiger partial charge in [-0.05, 0) is 36.5 Å². The first kappa shape index (κ1) is 15.0. The number of sulfonamides is 1. The van der Waals surface area contributed by atoms with Crippen molar-refractivity contribution in [1.29, 1.82) is 0 Å². The first-order valence-electron chi connectivity index (χ1n) is 6.64. The van der Waals surface area contributed by atoms with Crippen LogP contribution >= 0.6 is 0 Å². The van der Waals surface area contributed by atoms with E-state index in [1.807, 2.05) is 13.8 Å². The lowest BCUT2D eigenvalue weighted by molar-refractivity contribution is 0.0696.